The minimum atomic E-state index is -0.419. The number of carbonyl (C=O) groups is 1. The summed E-state index contributed by atoms with van der Waals surface area (Å²) in [5.74, 6) is 3.89. The number of aryl methyl sites for hydroxylation is 1. The van der Waals surface area contributed by atoms with E-state index in [-0.39, 0.29) is 5.92 Å². The number of ether oxygens (including phenoxy) is 2. The maximum Gasteiger partial charge on any atom is 0.340 e. The summed E-state index contributed by atoms with van der Waals surface area (Å²) >= 11 is 0. The molecule has 0 saturated carbocycles. The lowest BCUT2D eigenvalue weighted by atomic mass is 9.83. The molecular formula is C27H27N3O3. The van der Waals surface area contributed by atoms with Crippen molar-refractivity contribution in [2.75, 3.05) is 31.5 Å². The van der Waals surface area contributed by atoms with Gasteiger partial charge in [-0.15, -0.1) is 0 Å². The Labute approximate surface area is 194 Å². The molecule has 168 valence electrons. The van der Waals surface area contributed by atoms with Gasteiger partial charge in [0.15, 0.2) is 0 Å². The molecular weight excluding hydrogens is 414 g/mol. The van der Waals surface area contributed by atoms with Crippen LogP contribution in [0, 0.1) is 12.0 Å². The van der Waals surface area contributed by atoms with Gasteiger partial charge in [-0.3, -0.25) is 4.98 Å². The first-order valence-corrected chi connectivity index (χ1v) is 10.9. The zero-order chi connectivity index (χ0) is 23.2. The Balaban J connectivity index is 1.53. The van der Waals surface area contributed by atoms with Crippen molar-refractivity contribution in [3.8, 4) is 17.7 Å². The number of pyridine rings is 1. The average molecular weight is 442 g/mol. The minimum Gasteiger partial charge on any atom is -0.497 e. The van der Waals surface area contributed by atoms with Crippen LogP contribution < -0.4 is 15.0 Å². The fraction of sp³-hybridized carbons (Fsp3) is 0.259. The fourth-order valence-electron chi connectivity index (χ4n) is 4.10. The average Bonchev–Trinajstić information content (AvgIpc) is 2.87. The van der Waals surface area contributed by atoms with Crippen LogP contribution in [-0.2, 0) is 11.2 Å². The molecule has 4 rings (SSSR count). The van der Waals surface area contributed by atoms with Crippen LogP contribution in [0.15, 0.2) is 60.9 Å². The van der Waals surface area contributed by atoms with Crippen molar-refractivity contribution in [3.05, 3.63) is 77.6 Å². The third-order valence-corrected chi connectivity index (χ3v) is 5.94. The topological polar surface area (TPSA) is 63.7 Å². The largest absolute Gasteiger partial charge is 0.497 e. The van der Waals surface area contributed by atoms with Crippen molar-refractivity contribution in [2.24, 2.45) is 0 Å². The van der Waals surface area contributed by atoms with Crippen molar-refractivity contribution in [1.82, 2.24) is 4.98 Å². The third-order valence-electron chi connectivity index (χ3n) is 5.94. The van der Waals surface area contributed by atoms with Gasteiger partial charge < -0.3 is 19.7 Å². The lowest BCUT2D eigenvalue weighted by molar-refractivity contribution is 0.0601. The Kier molecular flexibility index (Phi) is 6.80. The molecule has 1 aromatic heterocycles. The number of esters is 1. The molecule has 1 aliphatic rings. The fourth-order valence-corrected chi connectivity index (χ4v) is 4.10. The lowest BCUT2D eigenvalue weighted by Crippen LogP contribution is -2.13. The summed E-state index contributed by atoms with van der Waals surface area (Å²) in [6.07, 6.45) is 6.26. The number of hydrogen-bond acceptors (Lipinski definition) is 6. The van der Waals surface area contributed by atoms with Crippen LogP contribution in [0.2, 0.25) is 0 Å². The zero-order valence-corrected chi connectivity index (χ0v) is 19.1. The number of hydrogen-bond donors (Lipinski definition) is 1. The highest BCUT2D eigenvalue weighted by atomic mass is 16.5. The van der Waals surface area contributed by atoms with Crippen molar-refractivity contribution in [1.29, 1.82) is 0 Å². The molecule has 3 aromatic rings. The third kappa shape index (κ3) is 4.93. The van der Waals surface area contributed by atoms with E-state index in [0.29, 0.717) is 11.3 Å². The van der Waals surface area contributed by atoms with Crippen LogP contribution in [0.1, 0.15) is 40.2 Å². The van der Waals surface area contributed by atoms with Crippen molar-refractivity contribution in [2.45, 2.75) is 25.2 Å². The van der Waals surface area contributed by atoms with Crippen LogP contribution in [0.25, 0.3) is 0 Å². The zero-order valence-electron chi connectivity index (χ0n) is 19.1. The monoisotopic (exact) mass is 441 g/mol. The molecule has 2 aromatic carbocycles. The van der Waals surface area contributed by atoms with Gasteiger partial charge in [-0.05, 0) is 60.7 Å². The molecule has 1 N–H and O–H groups in total. The maximum atomic E-state index is 11.9. The molecule has 6 nitrogen and oxygen atoms in total. The molecule has 0 spiro atoms. The summed E-state index contributed by atoms with van der Waals surface area (Å²) in [6.45, 7) is 0. The summed E-state index contributed by atoms with van der Waals surface area (Å²) in [6, 6.07) is 19.3. The van der Waals surface area contributed by atoms with Gasteiger partial charge >= 0.3 is 5.97 Å². The molecule has 0 amide bonds. The molecule has 1 aliphatic carbocycles. The van der Waals surface area contributed by atoms with Gasteiger partial charge in [0.05, 0.1) is 31.7 Å². The standard InChI is InChI=1S/C27H27N3O3/c1-30(21-8-5-9-23(17-21)32-2)22-10-11-24-19(6-4-7-20(24)16-22)12-15-29-26-18-28-14-13-25(26)27(31)33-3/h5,8-11,13-14,16-19,29H,4,6-7H2,1-3H3. The maximum absolute atomic E-state index is 11.9. The Hall–Kier alpha value is -3.98. The highest BCUT2D eigenvalue weighted by molar-refractivity contribution is 5.95. The molecule has 1 unspecified atom stereocenters. The second kappa shape index (κ2) is 10.1. The van der Waals surface area contributed by atoms with E-state index in [2.05, 4.69) is 58.5 Å². The normalized spacial score (nSPS) is 14.3. The second-order valence-corrected chi connectivity index (χ2v) is 7.90. The number of nitrogens with one attached hydrogen (secondary N) is 1. The van der Waals surface area contributed by atoms with E-state index < -0.39 is 5.97 Å². The molecule has 0 bridgehead atoms. The quantitative estimate of drug-likeness (QED) is 0.336. The number of aromatic nitrogens is 1. The molecule has 1 heterocycles. The molecule has 0 radical (unpaired) electrons. The van der Waals surface area contributed by atoms with Gasteiger partial charge in [0.1, 0.15) is 5.75 Å². The SMILES string of the molecule is COC(=O)c1ccncc1NC#CC1CCCc2cc(N(C)c3cccc(OC)c3)ccc21. The Morgan fingerprint density at radius 2 is 2.00 bits per heavy atom. The molecule has 0 aliphatic heterocycles. The minimum absolute atomic E-state index is 0.135. The highest BCUT2D eigenvalue weighted by Gasteiger charge is 2.20. The smallest absolute Gasteiger partial charge is 0.340 e. The van der Waals surface area contributed by atoms with Crippen LogP contribution in [-0.4, -0.2) is 32.2 Å². The first-order chi connectivity index (χ1) is 16.1. The van der Waals surface area contributed by atoms with Gasteiger partial charge in [0.2, 0.25) is 0 Å². The summed E-state index contributed by atoms with van der Waals surface area (Å²) < 4.78 is 10.2. The highest BCUT2D eigenvalue weighted by Crippen LogP contribution is 2.35. The predicted molar refractivity (Wildman–Crippen MR) is 130 cm³/mol. The van der Waals surface area contributed by atoms with Gasteiger partial charge in [-0.25, -0.2) is 4.79 Å². The summed E-state index contributed by atoms with van der Waals surface area (Å²) in [4.78, 5) is 18.2. The first-order valence-electron chi connectivity index (χ1n) is 10.9. The van der Waals surface area contributed by atoms with Gasteiger partial charge in [-0.2, -0.15) is 0 Å². The lowest BCUT2D eigenvalue weighted by Gasteiger charge is -2.26. The first kappa shape index (κ1) is 22.2. The van der Waals surface area contributed by atoms with E-state index in [1.165, 1.54) is 18.2 Å². The number of anilines is 3. The van der Waals surface area contributed by atoms with Crippen molar-refractivity contribution >= 4 is 23.0 Å². The summed E-state index contributed by atoms with van der Waals surface area (Å²) in [5, 5.41) is 3.02. The van der Waals surface area contributed by atoms with Gasteiger partial charge in [0, 0.05) is 42.6 Å². The summed E-state index contributed by atoms with van der Waals surface area (Å²) in [7, 11) is 5.10. The van der Waals surface area contributed by atoms with E-state index in [9.17, 15) is 4.79 Å². The van der Waals surface area contributed by atoms with Crippen LogP contribution in [0.3, 0.4) is 0 Å². The number of rotatable bonds is 5. The summed E-state index contributed by atoms with van der Waals surface area (Å²) in [5.41, 5.74) is 5.75. The van der Waals surface area contributed by atoms with Crippen molar-refractivity contribution in [3.63, 3.8) is 0 Å². The van der Waals surface area contributed by atoms with Crippen LogP contribution in [0.4, 0.5) is 17.1 Å². The number of fused-ring (bicyclic) bond motifs is 1. The van der Waals surface area contributed by atoms with E-state index >= 15 is 0 Å². The van der Waals surface area contributed by atoms with Crippen molar-refractivity contribution < 1.29 is 14.3 Å². The Morgan fingerprint density at radius 1 is 1.15 bits per heavy atom. The number of methoxy groups -OCH3 is 2. The van der Waals surface area contributed by atoms with E-state index in [1.54, 1.807) is 25.6 Å². The number of benzene rings is 2. The molecule has 6 heteroatoms. The van der Waals surface area contributed by atoms with E-state index in [1.807, 2.05) is 18.2 Å². The Bertz CT molecular complexity index is 1210. The number of carbonyl (C=O) groups excluding carboxylic acids is 1. The Morgan fingerprint density at radius 3 is 2.82 bits per heavy atom. The van der Waals surface area contributed by atoms with Crippen LogP contribution in [0.5, 0.6) is 5.75 Å². The van der Waals surface area contributed by atoms with E-state index in [0.717, 1.165) is 36.4 Å². The van der Waals surface area contributed by atoms with Gasteiger partial charge in [-0.1, -0.05) is 18.1 Å². The predicted octanol–water partition coefficient (Wildman–Crippen LogP) is 5.14. The molecule has 1 atom stereocenters. The molecule has 33 heavy (non-hydrogen) atoms. The molecule has 0 fully saturated rings. The van der Waals surface area contributed by atoms with Gasteiger partial charge in [0.25, 0.3) is 0 Å². The molecule has 0 saturated heterocycles. The number of nitrogens with zero attached hydrogens (tertiary/aromatic N) is 2. The van der Waals surface area contributed by atoms with E-state index in [4.69, 9.17) is 9.47 Å². The van der Waals surface area contributed by atoms with Crippen LogP contribution >= 0.6 is 0 Å². The second-order valence-electron chi connectivity index (χ2n) is 7.90.